The van der Waals surface area contributed by atoms with Gasteiger partial charge in [-0.15, -0.1) is 5.10 Å². The number of anilines is 1. The monoisotopic (exact) mass is 376 g/mol. The number of aromatic nitrogens is 3. The van der Waals surface area contributed by atoms with Gasteiger partial charge in [0, 0.05) is 30.8 Å². The minimum atomic E-state index is -0.392. The second-order valence-electron chi connectivity index (χ2n) is 5.94. The van der Waals surface area contributed by atoms with E-state index in [0.29, 0.717) is 42.9 Å². The van der Waals surface area contributed by atoms with Crippen molar-refractivity contribution in [1.29, 1.82) is 0 Å². The summed E-state index contributed by atoms with van der Waals surface area (Å²) in [5, 5.41) is 7.56. The highest BCUT2D eigenvalue weighted by Crippen LogP contribution is 2.31. The van der Waals surface area contributed by atoms with Crippen LogP contribution in [0.1, 0.15) is 5.56 Å². The van der Waals surface area contributed by atoms with Crippen molar-refractivity contribution >= 4 is 29.3 Å². The number of fused-ring (bicyclic) bond motifs is 6. The summed E-state index contributed by atoms with van der Waals surface area (Å²) in [5.74, 6) is 0.915. The molecule has 0 spiro atoms. The summed E-state index contributed by atoms with van der Waals surface area (Å²) in [6.07, 6.45) is 0. The Bertz CT molecular complexity index is 963. The molecule has 0 aliphatic carbocycles. The van der Waals surface area contributed by atoms with Crippen LogP contribution in [0.2, 0.25) is 5.02 Å². The maximum Gasteiger partial charge on any atom is 0.352 e. The zero-order chi connectivity index (χ0) is 18.3. The molecule has 1 aromatic heterocycles. The Morgan fingerprint density at radius 1 is 1.42 bits per heavy atom. The molecule has 3 heterocycles. The van der Waals surface area contributed by atoms with Crippen LogP contribution in [0.5, 0.6) is 0 Å². The van der Waals surface area contributed by atoms with Crippen molar-refractivity contribution in [3.63, 3.8) is 0 Å². The van der Waals surface area contributed by atoms with E-state index in [-0.39, 0.29) is 12.5 Å². The number of halogens is 1. The highest BCUT2D eigenvalue weighted by atomic mass is 35.5. The van der Waals surface area contributed by atoms with Crippen LogP contribution in [-0.2, 0) is 16.1 Å². The summed E-state index contributed by atoms with van der Waals surface area (Å²) in [6, 6.07) is 5.33. The number of carbonyl (C=O) groups is 1. The lowest BCUT2D eigenvalue weighted by Crippen LogP contribution is -2.38. The summed E-state index contributed by atoms with van der Waals surface area (Å²) >= 11 is 6.13. The molecule has 0 saturated heterocycles. The van der Waals surface area contributed by atoms with Crippen LogP contribution in [0.15, 0.2) is 28.0 Å². The molecule has 0 atom stereocenters. The molecule has 136 valence electrons. The molecule has 2 aliphatic heterocycles. The Kier molecular flexibility index (Phi) is 4.25. The molecule has 2 aromatic rings. The fourth-order valence-corrected chi connectivity index (χ4v) is 3.29. The summed E-state index contributed by atoms with van der Waals surface area (Å²) in [7, 11) is 1.55. The molecule has 0 unspecified atom stereocenters. The molecule has 26 heavy (non-hydrogen) atoms. The quantitative estimate of drug-likeness (QED) is 0.743. The van der Waals surface area contributed by atoms with Gasteiger partial charge in [0.2, 0.25) is 11.9 Å². The number of aliphatic imine (C=N–C) groups is 1. The number of amidine groups is 1. The molecule has 1 N–H and O–H groups in total. The Hall–Kier alpha value is -2.65. The predicted molar refractivity (Wildman–Crippen MR) is 96.5 cm³/mol. The van der Waals surface area contributed by atoms with Gasteiger partial charge in [-0.1, -0.05) is 11.6 Å². The van der Waals surface area contributed by atoms with Gasteiger partial charge in [0.1, 0.15) is 12.4 Å². The normalized spacial score (nSPS) is 14.5. The van der Waals surface area contributed by atoms with Crippen LogP contribution in [0.25, 0.3) is 5.69 Å². The number of nitrogens with one attached hydrogen (secondary N) is 1. The molecular formula is C16H17ClN6O3. The Labute approximate surface area is 153 Å². The first-order valence-electron chi connectivity index (χ1n) is 8.18. The minimum Gasteiger partial charge on any atom is -0.383 e. The van der Waals surface area contributed by atoms with E-state index in [1.165, 1.54) is 4.57 Å². The lowest BCUT2D eigenvalue weighted by Gasteiger charge is -2.26. The molecule has 1 aromatic carbocycles. The van der Waals surface area contributed by atoms with Crippen LogP contribution in [0.4, 0.5) is 5.95 Å². The van der Waals surface area contributed by atoms with Crippen LogP contribution in [-0.4, -0.2) is 59.4 Å². The fraction of sp³-hybridized carbons (Fsp3) is 0.375. The molecule has 10 heteroatoms. The van der Waals surface area contributed by atoms with E-state index in [1.807, 2.05) is 11.0 Å². The third-order valence-electron chi connectivity index (χ3n) is 4.27. The fourth-order valence-electron chi connectivity index (χ4n) is 3.12. The van der Waals surface area contributed by atoms with Crippen LogP contribution >= 0.6 is 11.6 Å². The Morgan fingerprint density at radius 3 is 3.08 bits per heavy atom. The van der Waals surface area contributed by atoms with Crippen LogP contribution in [0, 0.1) is 0 Å². The number of hydrogen-bond acceptors (Lipinski definition) is 6. The largest absolute Gasteiger partial charge is 0.383 e. The van der Waals surface area contributed by atoms with Gasteiger partial charge in [0.15, 0.2) is 0 Å². The zero-order valence-electron chi connectivity index (χ0n) is 14.1. The number of amides is 1. The average molecular weight is 377 g/mol. The topological polar surface area (TPSA) is 93.8 Å². The molecule has 0 fully saturated rings. The Balaban J connectivity index is 1.73. The standard InChI is InChI=1S/C16H17ClN6O3/c1-26-7-5-18-13(24)9-22-16(25)23-12-8-10(17)2-3-11(12)14-19-4-6-21(14)15(23)20-22/h2-3,8H,4-7,9H2,1H3,(H,18,24). The molecule has 0 bridgehead atoms. The lowest BCUT2D eigenvalue weighted by molar-refractivity contribution is -0.122. The van der Waals surface area contributed by atoms with Crippen molar-refractivity contribution < 1.29 is 9.53 Å². The predicted octanol–water partition coefficient (Wildman–Crippen LogP) is 0.0302. The summed E-state index contributed by atoms with van der Waals surface area (Å²) in [5.41, 5.74) is 1.06. The molecule has 0 saturated carbocycles. The lowest BCUT2D eigenvalue weighted by atomic mass is 10.1. The van der Waals surface area contributed by atoms with E-state index in [9.17, 15) is 9.59 Å². The molecular weight excluding hydrogens is 360 g/mol. The van der Waals surface area contributed by atoms with Gasteiger partial charge in [-0.05, 0) is 18.2 Å². The van der Waals surface area contributed by atoms with E-state index < -0.39 is 5.69 Å². The second-order valence-corrected chi connectivity index (χ2v) is 6.37. The van der Waals surface area contributed by atoms with Crippen molar-refractivity contribution in [2.24, 2.45) is 4.99 Å². The number of benzene rings is 1. The number of hydrogen-bond donors (Lipinski definition) is 1. The zero-order valence-corrected chi connectivity index (χ0v) is 14.9. The number of nitrogens with zero attached hydrogens (tertiary/aromatic N) is 5. The molecule has 4 rings (SSSR count). The van der Waals surface area contributed by atoms with Crippen molar-refractivity contribution in [3.05, 3.63) is 39.3 Å². The molecule has 1 amide bonds. The van der Waals surface area contributed by atoms with Gasteiger partial charge < -0.3 is 10.1 Å². The van der Waals surface area contributed by atoms with Gasteiger partial charge in [0.25, 0.3) is 0 Å². The van der Waals surface area contributed by atoms with Gasteiger partial charge >= 0.3 is 5.69 Å². The summed E-state index contributed by atoms with van der Waals surface area (Å²) in [4.78, 5) is 31.3. The molecule has 9 nitrogen and oxygen atoms in total. The highest BCUT2D eigenvalue weighted by molar-refractivity contribution is 6.31. The van der Waals surface area contributed by atoms with Crippen molar-refractivity contribution in [2.45, 2.75) is 6.54 Å². The number of carbonyl (C=O) groups excluding carboxylic acids is 1. The first kappa shape index (κ1) is 16.8. The summed E-state index contributed by atoms with van der Waals surface area (Å²) in [6.45, 7) is 1.86. The SMILES string of the molecule is COCCNC(=O)Cn1nc2n(c1=O)-c1cc(Cl)ccc1C1=NCCN12. The third kappa shape index (κ3) is 2.69. The maximum atomic E-state index is 12.9. The van der Waals surface area contributed by atoms with E-state index >= 15 is 0 Å². The summed E-state index contributed by atoms with van der Waals surface area (Å²) < 4.78 is 7.53. The second kappa shape index (κ2) is 6.58. The molecule has 0 radical (unpaired) electrons. The van der Waals surface area contributed by atoms with E-state index in [4.69, 9.17) is 16.3 Å². The Morgan fingerprint density at radius 2 is 2.27 bits per heavy atom. The third-order valence-corrected chi connectivity index (χ3v) is 4.50. The van der Waals surface area contributed by atoms with Gasteiger partial charge in [-0.25, -0.2) is 14.0 Å². The van der Waals surface area contributed by atoms with Gasteiger partial charge in [0.05, 0.1) is 18.8 Å². The van der Waals surface area contributed by atoms with Crippen LogP contribution in [0.3, 0.4) is 0 Å². The maximum absolute atomic E-state index is 12.9. The van der Waals surface area contributed by atoms with Crippen molar-refractivity contribution in [1.82, 2.24) is 19.7 Å². The van der Waals surface area contributed by atoms with Gasteiger partial charge in [-0.2, -0.15) is 0 Å². The number of rotatable bonds is 5. The highest BCUT2D eigenvalue weighted by Gasteiger charge is 2.34. The first-order valence-corrected chi connectivity index (χ1v) is 8.55. The van der Waals surface area contributed by atoms with Gasteiger partial charge in [-0.3, -0.25) is 14.7 Å². The smallest absolute Gasteiger partial charge is 0.352 e. The van der Waals surface area contributed by atoms with E-state index in [2.05, 4.69) is 15.4 Å². The first-order chi connectivity index (χ1) is 12.6. The minimum absolute atomic E-state index is 0.168. The molecule has 2 aliphatic rings. The number of methoxy groups -OCH3 is 1. The number of ether oxygens (including phenoxy) is 1. The van der Waals surface area contributed by atoms with E-state index in [0.717, 1.165) is 16.1 Å². The average Bonchev–Trinajstić information content (AvgIpc) is 3.21. The van der Waals surface area contributed by atoms with Crippen molar-refractivity contribution in [3.8, 4) is 5.69 Å². The van der Waals surface area contributed by atoms with Crippen molar-refractivity contribution in [2.75, 3.05) is 38.3 Å². The van der Waals surface area contributed by atoms with E-state index in [1.54, 1.807) is 19.2 Å². The van der Waals surface area contributed by atoms with Crippen LogP contribution < -0.4 is 15.9 Å².